The number of nitrogens with two attached hydrogens (primary N) is 1. The molecule has 7 nitrogen and oxygen atoms in total. The molecule has 2 unspecified atom stereocenters. The van der Waals surface area contributed by atoms with Gasteiger partial charge in [-0.2, -0.15) is 0 Å². The smallest absolute Gasteiger partial charge is 0.354 e. The van der Waals surface area contributed by atoms with Crippen molar-refractivity contribution in [2.75, 3.05) is 5.32 Å². The van der Waals surface area contributed by atoms with Gasteiger partial charge in [0.25, 0.3) is 0 Å². The van der Waals surface area contributed by atoms with Crippen molar-refractivity contribution in [1.29, 1.82) is 0 Å². The Kier molecular flexibility index (Phi) is 5.07. The largest absolute Gasteiger partial charge is 0.450 e. The number of furan rings is 1. The summed E-state index contributed by atoms with van der Waals surface area (Å²) in [5.41, 5.74) is 4.98. The predicted octanol–water partition coefficient (Wildman–Crippen LogP) is 4.29. The van der Waals surface area contributed by atoms with Crippen molar-refractivity contribution in [2.45, 2.75) is 76.4 Å². The molecule has 1 aromatic heterocycles. The topological polar surface area (TPSA) is 118 Å². The van der Waals surface area contributed by atoms with Crippen molar-refractivity contribution >= 4 is 21.6 Å². The fourth-order valence-electron chi connectivity index (χ4n) is 4.69. The van der Waals surface area contributed by atoms with Crippen LogP contribution in [0.3, 0.4) is 0 Å². The lowest BCUT2D eigenvalue weighted by Crippen LogP contribution is -2.19. The van der Waals surface area contributed by atoms with Crippen LogP contribution >= 0.6 is 0 Å². The number of anilines is 1. The number of aryl methyl sites for hydroxylation is 2. The van der Waals surface area contributed by atoms with Crippen LogP contribution in [-0.2, 0) is 34.8 Å². The molecule has 4 rings (SSSR count). The Morgan fingerprint density at radius 2 is 2.03 bits per heavy atom. The summed E-state index contributed by atoms with van der Waals surface area (Å²) in [5.74, 6) is 0.850. The molecular weight excluding hydrogens is 402 g/mol. The lowest BCUT2D eigenvalue weighted by molar-refractivity contribution is 0.0769. The van der Waals surface area contributed by atoms with E-state index in [4.69, 9.17) is 9.56 Å². The SMILES string of the molecule is Cc1oc(S(N)(=O)=NC(=O)Nc2c3c(cc4c2CCC4C)CCC3)cc1C(C)(C)O. The summed E-state index contributed by atoms with van der Waals surface area (Å²) in [4.78, 5) is 12.7. The summed E-state index contributed by atoms with van der Waals surface area (Å²) in [7, 11) is -3.60. The summed E-state index contributed by atoms with van der Waals surface area (Å²) in [5, 5.41) is 18.9. The number of hydrogen-bond acceptors (Lipinski definition) is 4. The van der Waals surface area contributed by atoms with Crippen LogP contribution in [0.15, 0.2) is 26.0 Å². The van der Waals surface area contributed by atoms with Gasteiger partial charge in [0.2, 0.25) is 5.09 Å². The van der Waals surface area contributed by atoms with E-state index in [9.17, 15) is 14.1 Å². The van der Waals surface area contributed by atoms with Crippen LogP contribution in [-0.4, -0.2) is 15.3 Å². The fourth-order valence-corrected chi connectivity index (χ4v) is 5.61. The highest BCUT2D eigenvalue weighted by molar-refractivity contribution is 7.91. The molecular formula is C22H29N3O4S. The van der Waals surface area contributed by atoms with E-state index in [1.54, 1.807) is 20.8 Å². The Bertz CT molecular complexity index is 1150. The van der Waals surface area contributed by atoms with E-state index in [2.05, 4.69) is 22.7 Å². The average molecular weight is 432 g/mol. The summed E-state index contributed by atoms with van der Waals surface area (Å²) in [6.45, 7) is 7.03. The Labute approximate surface area is 177 Å². The van der Waals surface area contributed by atoms with Crippen molar-refractivity contribution in [3.8, 4) is 0 Å². The summed E-state index contributed by atoms with van der Waals surface area (Å²) < 4.78 is 22.2. The van der Waals surface area contributed by atoms with E-state index >= 15 is 0 Å². The Balaban J connectivity index is 1.68. The first-order valence-electron chi connectivity index (χ1n) is 10.3. The second-order valence-corrected chi connectivity index (χ2v) is 10.7. The number of carbonyl (C=O) groups is 1. The highest BCUT2D eigenvalue weighted by atomic mass is 32.2. The molecule has 1 heterocycles. The van der Waals surface area contributed by atoms with Gasteiger partial charge in [0.1, 0.15) is 5.76 Å². The number of nitrogens with one attached hydrogen (secondary N) is 1. The number of urea groups is 1. The minimum Gasteiger partial charge on any atom is -0.450 e. The van der Waals surface area contributed by atoms with Gasteiger partial charge in [0.05, 0.1) is 5.60 Å². The minimum absolute atomic E-state index is 0.121. The third-order valence-electron chi connectivity index (χ3n) is 6.19. The van der Waals surface area contributed by atoms with Gasteiger partial charge in [-0.05, 0) is 81.0 Å². The summed E-state index contributed by atoms with van der Waals surface area (Å²) in [6, 6.07) is 2.95. The van der Waals surface area contributed by atoms with E-state index in [0.29, 0.717) is 17.2 Å². The monoisotopic (exact) mass is 431 g/mol. The normalized spacial score (nSPS) is 19.9. The quantitative estimate of drug-likeness (QED) is 0.672. The van der Waals surface area contributed by atoms with Crippen molar-refractivity contribution < 1.29 is 18.5 Å². The van der Waals surface area contributed by atoms with Crippen LogP contribution in [0, 0.1) is 6.92 Å². The molecule has 1 aromatic carbocycles. The van der Waals surface area contributed by atoms with Gasteiger partial charge in [-0.25, -0.2) is 14.1 Å². The molecule has 0 aliphatic heterocycles. The molecule has 30 heavy (non-hydrogen) atoms. The number of nitrogens with zero attached hydrogens (tertiary/aromatic N) is 1. The molecule has 0 saturated heterocycles. The molecule has 162 valence electrons. The second-order valence-electron chi connectivity index (χ2n) is 8.93. The molecule has 0 saturated carbocycles. The molecule has 2 aliphatic carbocycles. The van der Waals surface area contributed by atoms with Crippen LogP contribution in [0.25, 0.3) is 0 Å². The van der Waals surface area contributed by atoms with Gasteiger partial charge in [0, 0.05) is 17.3 Å². The van der Waals surface area contributed by atoms with E-state index in [1.807, 2.05) is 0 Å². The van der Waals surface area contributed by atoms with Gasteiger partial charge in [0.15, 0.2) is 9.92 Å². The molecule has 0 fully saturated rings. The van der Waals surface area contributed by atoms with Gasteiger partial charge in [-0.1, -0.05) is 13.0 Å². The summed E-state index contributed by atoms with van der Waals surface area (Å²) >= 11 is 0. The number of fused-ring (bicyclic) bond motifs is 2. The lowest BCUT2D eigenvalue weighted by atomic mass is 9.96. The van der Waals surface area contributed by atoms with E-state index < -0.39 is 21.5 Å². The molecule has 4 N–H and O–H groups in total. The zero-order chi connectivity index (χ0) is 21.8. The molecule has 0 spiro atoms. The molecule has 2 aromatic rings. The first-order chi connectivity index (χ1) is 14.0. The van der Waals surface area contributed by atoms with Crippen molar-refractivity contribution in [1.82, 2.24) is 0 Å². The van der Waals surface area contributed by atoms with Crippen molar-refractivity contribution in [2.24, 2.45) is 9.50 Å². The van der Waals surface area contributed by atoms with Crippen molar-refractivity contribution in [3.05, 3.63) is 45.7 Å². The first-order valence-corrected chi connectivity index (χ1v) is 11.9. The molecule has 2 aliphatic rings. The number of hydrogen-bond donors (Lipinski definition) is 3. The Morgan fingerprint density at radius 1 is 1.30 bits per heavy atom. The highest BCUT2D eigenvalue weighted by Gasteiger charge is 2.29. The van der Waals surface area contributed by atoms with Gasteiger partial charge >= 0.3 is 6.03 Å². The van der Waals surface area contributed by atoms with Crippen LogP contribution in [0.4, 0.5) is 10.5 Å². The summed E-state index contributed by atoms with van der Waals surface area (Å²) in [6.07, 6.45) is 4.94. The van der Waals surface area contributed by atoms with Crippen LogP contribution in [0.2, 0.25) is 0 Å². The van der Waals surface area contributed by atoms with Crippen LogP contribution in [0.1, 0.15) is 73.1 Å². The first kappa shape index (κ1) is 21.1. The highest BCUT2D eigenvalue weighted by Crippen LogP contribution is 2.43. The Morgan fingerprint density at radius 3 is 2.70 bits per heavy atom. The molecule has 0 radical (unpaired) electrons. The van der Waals surface area contributed by atoms with E-state index in [1.165, 1.54) is 17.2 Å². The fraction of sp³-hybridized carbons (Fsp3) is 0.500. The van der Waals surface area contributed by atoms with Crippen LogP contribution < -0.4 is 10.5 Å². The minimum atomic E-state index is -3.60. The molecule has 2 amide bonds. The van der Waals surface area contributed by atoms with Gasteiger partial charge in [-0.15, -0.1) is 4.36 Å². The molecule has 2 atom stereocenters. The Hall–Kier alpha value is -2.16. The number of aliphatic hydroxyl groups is 1. The third kappa shape index (κ3) is 3.68. The van der Waals surface area contributed by atoms with Gasteiger partial charge < -0.3 is 14.8 Å². The van der Waals surface area contributed by atoms with E-state index in [0.717, 1.165) is 48.9 Å². The number of benzene rings is 1. The van der Waals surface area contributed by atoms with Crippen LogP contribution in [0.5, 0.6) is 0 Å². The zero-order valence-electron chi connectivity index (χ0n) is 17.9. The number of rotatable bonds is 3. The predicted molar refractivity (Wildman–Crippen MR) is 116 cm³/mol. The van der Waals surface area contributed by atoms with E-state index in [-0.39, 0.29) is 5.09 Å². The lowest BCUT2D eigenvalue weighted by Gasteiger charge is -2.16. The number of amides is 2. The zero-order valence-corrected chi connectivity index (χ0v) is 18.7. The average Bonchev–Trinajstić information content (AvgIpc) is 3.33. The third-order valence-corrected chi connectivity index (χ3v) is 7.41. The molecule has 0 bridgehead atoms. The second kappa shape index (κ2) is 7.21. The maximum atomic E-state index is 13.0. The molecule has 8 heteroatoms. The van der Waals surface area contributed by atoms with Crippen molar-refractivity contribution in [3.63, 3.8) is 0 Å². The maximum Gasteiger partial charge on any atom is 0.354 e. The standard InChI is InChI=1S/C22H29N3O4S/c1-12-8-9-16-17(12)10-14-6-5-7-15(14)20(16)24-21(26)25-30(23,28)19-11-18(13(2)29-19)22(3,4)27/h10-12,27H,5-9H2,1-4H3,(H3,23,24,25,26,28). The maximum absolute atomic E-state index is 13.0. The number of carbonyl (C=O) groups excluding carboxylic acids is 1. The van der Waals surface area contributed by atoms with Gasteiger partial charge in [-0.3, -0.25) is 0 Å².